The van der Waals surface area contributed by atoms with Gasteiger partial charge in [0.15, 0.2) is 0 Å². The van der Waals surface area contributed by atoms with Crippen LogP contribution in [0, 0.1) is 6.92 Å². The molecule has 0 fully saturated rings. The zero-order valence-corrected chi connectivity index (χ0v) is 12.4. The summed E-state index contributed by atoms with van der Waals surface area (Å²) in [4.78, 5) is 4.43. The van der Waals surface area contributed by atoms with Crippen molar-refractivity contribution in [3.63, 3.8) is 0 Å². The van der Waals surface area contributed by atoms with Gasteiger partial charge in [-0.1, -0.05) is 30.4 Å². The molecule has 0 aliphatic heterocycles. The molecule has 102 valence electrons. The molecule has 20 heavy (non-hydrogen) atoms. The number of aromatic nitrogens is 4. The van der Waals surface area contributed by atoms with Crippen LogP contribution in [0.1, 0.15) is 24.2 Å². The highest BCUT2D eigenvalue weighted by Gasteiger charge is 2.08. The molecule has 0 aliphatic carbocycles. The second kappa shape index (κ2) is 5.54. The fourth-order valence-corrected chi connectivity index (χ4v) is 2.87. The quantitative estimate of drug-likeness (QED) is 0.734. The lowest BCUT2D eigenvalue weighted by Crippen LogP contribution is -2.00. The predicted octanol–water partition coefficient (Wildman–Crippen LogP) is 3.65. The molecule has 3 rings (SSSR count). The Kier molecular flexibility index (Phi) is 3.60. The third-order valence-corrected chi connectivity index (χ3v) is 3.98. The summed E-state index contributed by atoms with van der Waals surface area (Å²) < 4.78 is 2.14. The summed E-state index contributed by atoms with van der Waals surface area (Å²) in [5.74, 6) is 1.10. The highest BCUT2D eigenvalue weighted by molar-refractivity contribution is 7.14. The highest BCUT2D eigenvalue weighted by atomic mass is 32.1. The summed E-state index contributed by atoms with van der Waals surface area (Å²) in [6.07, 6.45) is 5.93. The van der Waals surface area contributed by atoms with Crippen molar-refractivity contribution in [3.8, 4) is 16.3 Å². The largest absolute Gasteiger partial charge is 0.304 e. The van der Waals surface area contributed by atoms with Gasteiger partial charge in [0.05, 0.1) is 0 Å². The van der Waals surface area contributed by atoms with E-state index in [1.54, 1.807) is 11.3 Å². The lowest BCUT2D eigenvalue weighted by molar-refractivity contribution is 0.809. The number of rotatable bonds is 4. The Morgan fingerprint density at radius 1 is 1.25 bits per heavy atom. The molecule has 0 saturated carbocycles. The van der Waals surface area contributed by atoms with E-state index < -0.39 is 0 Å². The average Bonchev–Trinajstić information content (AvgIpc) is 3.08. The van der Waals surface area contributed by atoms with Gasteiger partial charge in [0.25, 0.3) is 0 Å². The minimum atomic E-state index is 0.960. The first kappa shape index (κ1) is 13.0. The van der Waals surface area contributed by atoms with E-state index in [9.17, 15) is 0 Å². The maximum Gasteiger partial charge on any atom is 0.147 e. The van der Waals surface area contributed by atoms with Crippen molar-refractivity contribution in [1.82, 2.24) is 19.7 Å². The third kappa shape index (κ3) is 2.49. The van der Waals surface area contributed by atoms with Crippen molar-refractivity contribution in [2.75, 3.05) is 0 Å². The smallest absolute Gasteiger partial charge is 0.147 e. The van der Waals surface area contributed by atoms with Crippen molar-refractivity contribution >= 4 is 11.3 Å². The molecule has 0 unspecified atom stereocenters. The first-order valence-electron chi connectivity index (χ1n) is 6.71. The number of hydrogen-bond donors (Lipinski definition) is 0. The molecule has 2 aromatic heterocycles. The van der Waals surface area contributed by atoms with E-state index >= 15 is 0 Å². The van der Waals surface area contributed by atoms with E-state index in [0.717, 1.165) is 39.9 Å². The summed E-state index contributed by atoms with van der Waals surface area (Å²) in [5, 5.41) is 10.2. The van der Waals surface area contributed by atoms with Gasteiger partial charge in [0, 0.05) is 30.1 Å². The van der Waals surface area contributed by atoms with Gasteiger partial charge in [-0.3, -0.25) is 0 Å². The Morgan fingerprint density at radius 2 is 2.15 bits per heavy atom. The van der Waals surface area contributed by atoms with Crippen LogP contribution in [-0.4, -0.2) is 19.7 Å². The molecule has 0 amide bonds. The summed E-state index contributed by atoms with van der Waals surface area (Å²) in [6.45, 7) is 4.14. The zero-order valence-electron chi connectivity index (χ0n) is 11.6. The topological polar surface area (TPSA) is 43.6 Å². The van der Waals surface area contributed by atoms with Gasteiger partial charge >= 0.3 is 0 Å². The van der Waals surface area contributed by atoms with Crippen molar-refractivity contribution in [2.24, 2.45) is 0 Å². The molecule has 0 radical (unpaired) electrons. The molecule has 2 heterocycles. The second-order valence-corrected chi connectivity index (χ2v) is 5.82. The predicted molar refractivity (Wildman–Crippen MR) is 81.2 cm³/mol. The van der Waals surface area contributed by atoms with Gasteiger partial charge in [-0.15, -0.1) is 10.2 Å². The van der Waals surface area contributed by atoms with E-state index in [0.29, 0.717) is 0 Å². The Labute approximate surface area is 122 Å². The molecule has 3 aromatic rings. The molecule has 0 atom stereocenters. The molecule has 5 heteroatoms. The lowest BCUT2D eigenvalue weighted by atomic mass is 10.2. The third-order valence-electron chi connectivity index (χ3n) is 3.09. The Bertz CT molecular complexity index is 714. The van der Waals surface area contributed by atoms with Gasteiger partial charge in [0.1, 0.15) is 15.8 Å². The molecule has 4 nitrogen and oxygen atoms in total. The molecular weight excluding hydrogens is 268 g/mol. The standard InChI is InChI=1S/C15H16N4S/c1-3-5-14-16-8-9-19(14)13-7-4-6-12(10-13)15-18-17-11(2)20-15/h4,6-10H,3,5H2,1-2H3. The number of nitrogens with zero attached hydrogens (tertiary/aromatic N) is 4. The minimum Gasteiger partial charge on any atom is -0.304 e. The van der Waals surface area contributed by atoms with E-state index in [4.69, 9.17) is 0 Å². The van der Waals surface area contributed by atoms with Gasteiger partial charge in [-0.25, -0.2) is 4.98 Å². The van der Waals surface area contributed by atoms with Crippen molar-refractivity contribution in [2.45, 2.75) is 26.7 Å². The Balaban J connectivity index is 2.01. The lowest BCUT2D eigenvalue weighted by Gasteiger charge is -2.08. The van der Waals surface area contributed by atoms with Gasteiger partial charge in [0.2, 0.25) is 0 Å². The average molecular weight is 284 g/mol. The van der Waals surface area contributed by atoms with Crippen LogP contribution < -0.4 is 0 Å². The van der Waals surface area contributed by atoms with Gasteiger partial charge in [-0.05, 0) is 25.5 Å². The molecular formula is C15H16N4S. The molecule has 0 spiro atoms. The monoisotopic (exact) mass is 284 g/mol. The first-order chi connectivity index (χ1) is 9.78. The maximum atomic E-state index is 4.43. The minimum absolute atomic E-state index is 0.960. The number of hydrogen-bond acceptors (Lipinski definition) is 4. The second-order valence-electron chi connectivity index (χ2n) is 4.64. The van der Waals surface area contributed by atoms with Crippen LogP contribution in [0.5, 0.6) is 0 Å². The summed E-state index contributed by atoms with van der Waals surface area (Å²) in [6, 6.07) is 8.36. The molecule has 0 aliphatic rings. The maximum absolute atomic E-state index is 4.43. The van der Waals surface area contributed by atoms with Gasteiger partial charge in [-0.2, -0.15) is 0 Å². The number of benzene rings is 1. The molecule has 0 saturated heterocycles. The first-order valence-corrected chi connectivity index (χ1v) is 7.52. The SMILES string of the molecule is CCCc1nccn1-c1cccc(-c2nnc(C)s2)c1. The zero-order chi connectivity index (χ0) is 13.9. The molecule has 0 bridgehead atoms. The summed E-state index contributed by atoms with van der Waals surface area (Å²) >= 11 is 1.61. The van der Waals surface area contributed by atoms with Crippen molar-refractivity contribution < 1.29 is 0 Å². The summed E-state index contributed by atoms with van der Waals surface area (Å²) in [7, 11) is 0. The summed E-state index contributed by atoms with van der Waals surface area (Å²) in [5.41, 5.74) is 2.22. The van der Waals surface area contributed by atoms with Gasteiger partial charge < -0.3 is 4.57 Å². The number of aryl methyl sites for hydroxylation is 2. The van der Waals surface area contributed by atoms with Crippen molar-refractivity contribution in [3.05, 3.63) is 47.5 Å². The van der Waals surface area contributed by atoms with Crippen LogP contribution in [-0.2, 0) is 6.42 Å². The van der Waals surface area contributed by atoms with E-state index in [1.807, 2.05) is 19.3 Å². The van der Waals surface area contributed by atoms with Crippen LogP contribution in [0.15, 0.2) is 36.7 Å². The van der Waals surface area contributed by atoms with E-state index in [-0.39, 0.29) is 0 Å². The fraction of sp³-hybridized carbons (Fsp3) is 0.267. The van der Waals surface area contributed by atoms with Crippen LogP contribution in [0.2, 0.25) is 0 Å². The number of imidazole rings is 1. The normalized spacial score (nSPS) is 10.9. The van der Waals surface area contributed by atoms with Crippen LogP contribution in [0.25, 0.3) is 16.3 Å². The molecule has 1 aromatic carbocycles. The highest BCUT2D eigenvalue weighted by Crippen LogP contribution is 2.25. The van der Waals surface area contributed by atoms with Crippen LogP contribution in [0.4, 0.5) is 0 Å². The van der Waals surface area contributed by atoms with E-state index in [1.165, 1.54) is 0 Å². The van der Waals surface area contributed by atoms with Crippen molar-refractivity contribution in [1.29, 1.82) is 0 Å². The van der Waals surface area contributed by atoms with Crippen LogP contribution >= 0.6 is 11.3 Å². The van der Waals surface area contributed by atoms with Crippen LogP contribution in [0.3, 0.4) is 0 Å². The Morgan fingerprint density at radius 3 is 2.90 bits per heavy atom. The fourth-order valence-electron chi connectivity index (χ4n) is 2.18. The Hall–Kier alpha value is -2.01. The van der Waals surface area contributed by atoms with E-state index in [2.05, 4.69) is 50.9 Å². The molecule has 0 N–H and O–H groups in total.